The van der Waals surface area contributed by atoms with Gasteiger partial charge in [0.25, 0.3) is 0 Å². The smallest absolute Gasteiger partial charge is 0.221 e. The summed E-state index contributed by atoms with van der Waals surface area (Å²) in [5.74, 6) is 8.10. The SMILES string of the molecule is Cc1c(NN)nc(C2CC2)nc1OCCN(C)C. The molecular weight excluding hydrogens is 230 g/mol. The Morgan fingerprint density at radius 3 is 2.67 bits per heavy atom. The zero-order valence-electron chi connectivity index (χ0n) is 11.2. The molecule has 6 nitrogen and oxygen atoms in total. The van der Waals surface area contributed by atoms with Crippen LogP contribution in [0.25, 0.3) is 0 Å². The third kappa shape index (κ3) is 3.08. The highest BCUT2D eigenvalue weighted by Gasteiger charge is 2.28. The Labute approximate surface area is 108 Å². The van der Waals surface area contributed by atoms with Crippen LogP contribution in [0.4, 0.5) is 5.82 Å². The number of likely N-dealkylation sites (N-methyl/N-ethyl adjacent to an activating group) is 1. The molecule has 0 unspecified atom stereocenters. The third-order valence-electron chi connectivity index (χ3n) is 2.97. The van der Waals surface area contributed by atoms with Gasteiger partial charge in [-0.25, -0.2) is 10.8 Å². The number of ether oxygens (including phenoxy) is 1. The Bertz CT molecular complexity index is 417. The summed E-state index contributed by atoms with van der Waals surface area (Å²) in [6.07, 6.45) is 2.31. The maximum atomic E-state index is 5.72. The largest absolute Gasteiger partial charge is 0.476 e. The minimum Gasteiger partial charge on any atom is -0.476 e. The number of aromatic nitrogens is 2. The van der Waals surface area contributed by atoms with Crippen molar-refractivity contribution in [2.24, 2.45) is 5.84 Å². The minimum absolute atomic E-state index is 0.480. The molecule has 0 atom stereocenters. The summed E-state index contributed by atoms with van der Waals surface area (Å²) >= 11 is 0. The molecule has 0 saturated heterocycles. The third-order valence-corrected chi connectivity index (χ3v) is 2.97. The maximum absolute atomic E-state index is 5.72. The van der Waals surface area contributed by atoms with E-state index >= 15 is 0 Å². The van der Waals surface area contributed by atoms with Crippen molar-refractivity contribution in [2.45, 2.75) is 25.7 Å². The number of nitrogen functional groups attached to an aromatic ring is 1. The van der Waals surface area contributed by atoms with E-state index in [1.807, 2.05) is 21.0 Å². The summed E-state index contributed by atoms with van der Waals surface area (Å²) in [5, 5.41) is 0. The average Bonchev–Trinajstić information content (AvgIpc) is 3.15. The fourth-order valence-corrected chi connectivity index (χ4v) is 1.64. The Hall–Kier alpha value is -1.40. The van der Waals surface area contributed by atoms with Crippen LogP contribution < -0.4 is 16.0 Å². The van der Waals surface area contributed by atoms with E-state index in [0.29, 0.717) is 24.2 Å². The van der Waals surface area contributed by atoms with Gasteiger partial charge in [0.1, 0.15) is 18.2 Å². The summed E-state index contributed by atoms with van der Waals surface area (Å²) < 4.78 is 5.72. The lowest BCUT2D eigenvalue weighted by atomic mass is 10.3. The van der Waals surface area contributed by atoms with Crippen molar-refractivity contribution in [3.8, 4) is 5.88 Å². The van der Waals surface area contributed by atoms with Crippen LogP contribution in [-0.2, 0) is 0 Å². The van der Waals surface area contributed by atoms with Gasteiger partial charge in [-0.2, -0.15) is 4.98 Å². The zero-order chi connectivity index (χ0) is 13.1. The molecule has 1 aromatic heterocycles. The molecule has 1 saturated carbocycles. The van der Waals surface area contributed by atoms with Gasteiger partial charge in [0.05, 0.1) is 5.56 Å². The molecule has 100 valence electrons. The quantitative estimate of drug-likeness (QED) is 0.577. The van der Waals surface area contributed by atoms with E-state index in [1.54, 1.807) is 0 Å². The Kier molecular flexibility index (Phi) is 3.98. The molecule has 0 aromatic carbocycles. The second-order valence-electron chi connectivity index (χ2n) is 4.93. The lowest BCUT2D eigenvalue weighted by molar-refractivity contribution is 0.251. The van der Waals surface area contributed by atoms with E-state index < -0.39 is 0 Å². The van der Waals surface area contributed by atoms with E-state index in [-0.39, 0.29) is 0 Å². The molecule has 0 amide bonds. The minimum atomic E-state index is 0.480. The molecule has 0 aliphatic heterocycles. The monoisotopic (exact) mass is 251 g/mol. The normalized spacial score (nSPS) is 14.9. The highest BCUT2D eigenvalue weighted by Crippen LogP contribution is 2.39. The molecule has 1 aliphatic carbocycles. The van der Waals surface area contributed by atoms with Crippen LogP contribution in [0.5, 0.6) is 5.88 Å². The topological polar surface area (TPSA) is 76.3 Å². The first kappa shape index (κ1) is 13.0. The zero-order valence-corrected chi connectivity index (χ0v) is 11.2. The van der Waals surface area contributed by atoms with Gasteiger partial charge in [-0.05, 0) is 33.9 Å². The molecule has 0 spiro atoms. The molecule has 1 aromatic rings. The van der Waals surface area contributed by atoms with Crippen LogP contribution in [0.2, 0.25) is 0 Å². The van der Waals surface area contributed by atoms with Crippen LogP contribution >= 0.6 is 0 Å². The molecule has 2 rings (SSSR count). The summed E-state index contributed by atoms with van der Waals surface area (Å²) in [6.45, 7) is 3.38. The van der Waals surface area contributed by atoms with Gasteiger partial charge in [-0.15, -0.1) is 0 Å². The number of nitrogens with zero attached hydrogens (tertiary/aromatic N) is 3. The first-order valence-electron chi connectivity index (χ1n) is 6.24. The van der Waals surface area contributed by atoms with Crippen molar-refractivity contribution >= 4 is 5.82 Å². The predicted octanol–water partition coefficient (Wildman–Crippen LogP) is 0.888. The Morgan fingerprint density at radius 2 is 2.11 bits per heavy atom. The number of nitrogens with one attached hydrogen (secondary N) is 1. The van der Waals surface area contributed by atoms with Gasteiger partial charge in [0.15, 0.2) is 0 Å². The fraction of sp³-hybridized carbons (Fsp3) is 0.667. The number of anilines is 1. The number of hydrogen-bond acceptors (Lipinski definition) is 6. The lowest BCUT2D eigenvalue weighted by Crippen LogP contribution is -2.20. The predicted molar refractivity (Wildman–Crippen MR) is 70.6 cm³/mol. The van der Waals surface area contributed by atoms with Crippen molar-refractivity contribution in [2.75, 3.05) is 32.7 Å². The number of rotatable bonds is 6. The highest BCUT2D eigenvalue weighted by molar-refractivity contribution is 5.48. The van der Waals surface area contributed by atoms with Crippen molar-refractivity contribution in [3.63, 3.8) is 0 Å². The fourth-order valence-electron chi connectivity index (χ4n) is 1.64. The van der Waals surface area contributed by atoms with E-state index in [1.165, 1.54) is 0 Å². The van der Waals surface area contributed by atoms with Crippen LogP contribution in [0, 0.1) is 6.92 Å². The second-order valence-corrected chi connectivity index (χ2v) is 4.93. The van der Waals surface area contributed by atoms with E-state index in [9.17, 15) is 0 Å². The summed E-state index contributed by atoms with van der Waals surface area (Å²) in [5.41, 5.74) is 3.48. The Balaban J connectivity index is 2.13. The molecule has 18 heavy (non-hydrogen) atoms. The number of hydrogen-bond donors (Lipinski definition) is 2. The van der Waals surface area contributed by atoms with Gasteiger partial charge >= 0.3 is 0 Å². The first-order chi connectivity index (χ1) is 8.61. The molecule has 6 heteroatoms. The van der Waals surface area contributed by atoms with Crippen LogP contribution in [0.3, 0.4) is 0 Å². The molecule has 1 aliphatic rings. The lowest BCUT2D eigenvalue weighted by Gasteiger charge is -2.14. The van der Waals surface area contributed by atoms with Crippen molar-refractivity contribution in [1.29, 1.82) is 0 Å². The molecule has 3 N–H and O–H groups in total. The van der Waals surface area contributed by atoms with Gasteiger partial charge in [0, 0.05) is 12.5 Å². The standard InChI is InChI=1S/C12H21N5O/c1-8-10(16-13)14-11(9-4-5-9)15-12(8)18-7-6-17(2)3/h9H,4-7,13H2,1-3H3,(H,14,15,16). The van der Waals surface area contributed by atoms with Crippen LogP contribution in [0.15, 0.2) is 0 Å². The highest BCUT2D eigenvalue weighted by atomic mass is 16.5. The van der Waals surface area contributed by atoms with Crippen molar-refractivity contribution in [3.05, 3.63) is 11.4 Å². The number of nitrogens with two attached hydrogens (primary N) is 1. The van der Waals surface area contributed by atoms with Gasteiger partial charge in [-0.3, -0.25) is 0 Å². The molecular formula is C12H21N5O. The number of hydrazine groups is 1. The van der Waals surface area contributed by atoms with E-state index in [0.717, 1.165) is 30.8 Å². The van der Waals surface area contributed by atoms with Crippen LogP contribution in [-0.4, -0.2) is 42.1 Å². The summed E-state index contributed by atoms with van der Waals surface area (Å²) in [7, 11) is 4.03. The Morgan fingerprint density at radius 1 is 1.39 bits per heavy atom. The average molecular weight is 251 g/mol. The first-order valence-corrected chi connectivity index (χ1v) is 6.24. The van der Waals surface area contributed by atoms with Gasteiger partial charge in [-0.1, -0.05) is 0 Å². The van der Waals surface area contributed by atoms with E-state index in [4.69, 9.17) is 10.6 Å². The van der Waals surface area contributed by atoms with Crippen molar-refractivity contribution < 1.29 is 4.74 Å². The van der Waals surface area contributed by atoms with E-state index in [2.05, 4.69) is 20.3 Å². The second kappa shape index (κ2) is 5.49. The molecule has 1 heterocycles. The molecule has 1 fully saturated rings. The molecule has 0 bridgehead atoms. The van der Waals surface area contributed by atoms with Crippen molar-refractivity contribution in [1.82, 2.24) is 14.9 Å². The molecule has 0 radical (unpaired) electrons. The maximum Gasteiger partial charge on any atom is 0.221 e. The summed E-state index contributed by atoms with van der Waals surface area (Å²) in [6, 6.07) is 0. The van der Waals surface area contributed by atoms with Gasteiger partial charge < -0.3 is 15.1 Å². The summed E-state index contributed by atoms with van der Waals surface area (Å²) in [4.78, 5) is 11.0. The van der Waals surface area contributed by atoms with Crippen LogP contribution in [0.1, 0.15) is 30.1 Å². The van der Waals surface area contributed by atoms with Gasteiger partial charge in [0.2, 0.25) is 5.88 Å².